The largest absolute Gasteiger partial charge is 0.477 e. The van der Waals surface area contributed by atoms with E-state index in [9.17, 15) is 13.2 Å². The molecule has 1 N–H and O–H groups in total. The zero-order valence-electron chi connectivity index (χ0n) is 7.96. The van der Waals surface area contributed by atoms with Gasteiger partial charge in [0, 0.05) is 19.1 Å². The molecule has 16 heavy (non-hydrogen) atoms. The lowest BCUT2D eigenvalue weighted by Crippen LogP contribution is -2.12. The fourth-order valence-electron chi connectivity index (χ4n) is 0.839. The maximum absolute atomic E-state index is 12.3. The Morgan fingerprint density at radius 3 is 2.62 bits per heavy atom. The zero-order valence-corrected chi connectivity index (χ0v) is 8.72. The van der Waals surface area contributed by atoms with Crippen LogP contribution in [0.25, 0.3) is 0 Å². The van der Waals surface area contributed by atoms with Gasteiger partial charge in [0.15, 0.2) is 0 Å². The first-order valence-corrected chi connectivity index (χ1v) is 4.66. The average molecular weight is 257 g/mol. The van der Waals surface area contributed by atoms with Gasteiger partial charge in [0.2, 0.25) is 11.7 Å². The van der Waals surface area contributed by atoms with Crippen LogP contribution >= 0.6 is 11.6 Å². The summed E-state index contributed by atoms with van der Waals surface area (Å²) in [6.45, 7) is -0.0634. The first-order valence-electron chi connectivity index (χ1n) is 4.29. The minimum Gasteiger partial charge on any atom is -0.477 e. The van der Waals surface area contributed by atoms with Crippen molar-refractivity contribution < 1.29 is 23.0 Å². The van der Waals surface area contributed by atoms with Crippen molar-refractivity contribution in [3.8, 4) is 5.88 Å². The molecule has 0 aliphatic rings. The van der Waals surface area contributed by atoms with Gasteiger partial charge in [0.25, 0.3) is 0 Å². The molecular weight excluding hydrogens is 249 g/mol. The van der Waals surface area contributed by atoms with Gasteiger partial charge >= 0.3 is 6.18 Å². The lowest BCUT2D eigenvalue weighted by atomic mass is 10.5. The summed E-state index contributed by atoms with van der Waals surface area (Å²) >= 11 is 5.39. The number of aromatic nitrogens is 2. The van der Waals surface area contributed by atoms with Crippen LogP contribution in [-0.2, 0) is 6.18 Å². The van der Waals surface area contributed by atoms with E-state index in [1.807, 2.05) is 0 Å². The second-order valence-corrected chi connectivity index (χ2v) is 3.16. The SMILES string of the molecule is OCCCOc1cc(Cl)nc(C(F)(F)F)n1. The van der Waals surface area contributed by atoms with Crippen molar-refractivity contribution in [2.75, 3.05) is 13.2 Å². The van der Waals surface area contributed by atoms with Crippen LogP contribution in [0.5, 0.6) is 5.88 Å². The maximum atomic E-state index is 12.3. The van der Waals surface area contributed by atoms with E-state index in [2.05, 4.69) is 9.97 Å². The van der Waals surface area contributed by atoms with E-state index in [0.717, 1.165) is 6.07 Å². The van der Waals surface area contributed by atoms with E-state index in [4.69, 9.17) is 21.4 Å². The van der Waals surface area contributed by atoms with Crippen molar-refractivity contribution >= 4 is 11.6 Å². The maximum Gasteiger partial charge on any atom is 0.451 e. The highest BCUT2D eigenvalue weighted by Crippen LogP contribution is 2.28. The molecule has 0 saturated carbocycles. The molecule has 0 aliphatic heterocycles. The Kier molecular flexibility index (Phi) is 4.31. The van der Waals surface area contributed by atoms with E-state index in [1.54, 1.807) is 0 Å². The van der Waals surface area contributed by atoms with E-state index < -0.39 is 12.0 Å². The molecule has 0 radical (unpaired) electrons. The molecule has 0 spiro atoms. The quantitative estimate of drug-likeness (QED) is 0.660. The first kappa shape index (κ1) is 13.0. The van der Waals surface area contributed by atoms with Crippen molar-refractivity contribution in [1.29, 1.82) is 0 Å². The number of aliphatic hydroxyl groups excluding tert-OH is 1. The fraction of sp³-hybridized carbons (Fsp3) is 0.500. The lowest BCUT2D eigenvalue weighted by Gasteiger charge is -2.08. The molecule has 0 fully saturated rings. The molecule has 1 heterocycles. The predicted molar refractivity (Wildman–Crippen MR) is 49.2 cm³/mol. The molecule has 0 saturated heterocycles. The van der Waals surface area contributed by atoms with Gasteiger partial charge in [-0.1, -0.05) is 11.6 Å². The first-order chi connectivity index (χ1) is 7.43. The number of hydrogen-bond acceptors (Lipinski definition) is 4. The van der Waals surface area contributed by atoms with E-state index in [1.165, 1.54) is 0 Å². The van der Waals surface area contributed by atoms with E-state index in [-0.39, 0.29) is 24.2 Å². The summed E-state index contributed by atoms with van der Waals surface area (Å²) in [7, 11) is 0. The van der Waals surface area contributed by atoms with Crippen LogP contribution in [0.4, 0.5) is 13.2 Å². The Morgan fingerprint density at radius 1 is 1.38 bits per heavy atom. The van der Waals surface area contributed by atoms with Gasteiger partial charge in [-0.15, -0.1) is 0 Å². The van der Waals surface area contributed by atoms with Crippen LogP contribution in [0.15, 0.2) is 6.07 Å². The fourth-order valence-corrected chi connectivity index (χ4v) is 1.01. The number of halogens is 4. The highest BCUT2D eigenvalue weighted by molar-refractivity contribution is 6.29. The summed E-state index contributed by atoms with van der Waals surface area (Å²) in [5.41, 5.74) is 0. The smallest absolute Gasteiger partial charge is 0.451 e. The molecule has 0 aromatic carbocycles. The van der Waals surface area contributed by atoms with Gasteiger partial charge in [0.1, 0.15) is 5.15 Å². The Bertz CT molecular complexity index is 360. The van der Waals surface area contributed by atoms with Crippen molar-refractivity contribution in [2.45, 2.75) is 12.6 Å². The number of nitrogens with zero attached hydrogens (tertiary/aromatic N) is 2. The van der Waals surface area contributed by atoms with Crippen LogP contribution in [0.2, 0.25) is 5.15 Å². The molecule has 1 aromatic rings. The van der Waals surface area contributed by atoms with Gasteiger partial charge in [-0.3, -0.25) is 0 Å². The summed E-state index contributed by atoms with van der Waals surface area (Å²) in [6, 6.07) is 1.08. The summed E-state index contributed by atoms with van der Waals surface area (Å²) in [5.74, 6) is -1.61. The molecule has 4 nitrogen and oxygen atoms in total. The van der Waals surface area contributed by atoms with E-state index >= 15 is 0 Å². The van der Waals surface area contributed by atoms with Crippen LogP contribution in [0.1, 0.15) is 12.2 Å². The average Bonchev–Trinajstić information content (AvgIpc) is 2.16. The summed E-state index contributed by atoms with van der Waals surface area (Å²) in [4.78, 5) is 6.19. The predicted octanol–water partition coefficient (Wildman–Crippen LogP) is 1.91. The van der Waals surface area contributed by atoms with Crippen LogP contribution in [0.3, 0.4) is 0 Å². The highest BCUT2D eigenvalue weighted by Gasteiger charge is 2.35. The van der Waals surface area contributed by atoms with E-state index in [0.29, 0.717) is 6.42 Å². The van der Waals surface area contributed by atoms with Crippen molar-refractivity contribution in [1.82, 2.24) is 9.97 Å². The number of rotatable bonds is 4. The minimum absolute atomic E-state index is 0.0567. The molecular formula is C8H8ClF3N2O2. The molecule has 0 atom stereocenters. The Balaban J connectivity index is 2.82. The monoisotopic (exact) mass is 256 g/mol. The topological polar surface area (TPSA) is 55.2 Å². The number of aliphatic hydroxyl groups is 1. The zero-order chi connectivity index (χ0) is 12.2. The van der Waals surface area contributed by atoms with Crippen molar-refractivity contribution in [3.63, 3.8) is 0 Å². The van der Waals surface area contributed by atoms with Crippen LogP contribution < -0.4 is 4.74 Å². The van der Waals surface area contributed by atoms with Gasteiger partial charge in [-0.05, 0) is 0 Å². The second-order valence-electron chi connectivity index (χ2n) is 2.78. The molecule has 0 amide bonds. The molecule has 1 aromatic heterocycles. The van der Waals surface area contributed by atoms with Crippen molar-refractivity contribution in [3.05, 3.63) is 17.0 Å². The lowest BCUT2D eigenvalue weighted by molar-refractivity contribution is -0.145. The number of alkyl halides is 3. The summed E-state index contributed by atoms with van der Waals surface area (Å²) < 4.78 is 41.6. The molecule has 90 valence electrons. The molecule has 0 unspecified atom stereocenters. The van der Waals surface area contributed by atoms with Crippen LogP contribution in [-0.4, -0.2) is 28.3 Å². The third-order valence-corrected chi connectivity index (χ3v) is 1.67. The summed E-state index contributed by atoms with van der Waals surface area (Å²) in [5, 5.41) is 8.12. The summed E-state index contributed by atoms with van der Waals surface area (Å²) in [6.07, 6.45) is -4.37. The molecule has 0 bridgehead atoms. The second kappa shape index (κ2) is 5.31. The third kappa shape index (κ3) is 3.82. The minimum atomic E-state index is -4.67. The van der Waals surface area contributed by atoms with Gasteiger partial charge < -0.3 is 9.84 Å². The molecule has 1 rings (SSSR count). The third-order valence-electron chi connectivity index (χ3n) is 1.48. The molecule has 0 aliphatic carbocycles. The van der Waals surface area contributed by atoms with Gasteiger partial charge in [0.05, 0.1) is 6.61 Å². The highest BCUT2D eigenvalue weighted by atomic mass is 35.5. The normalized spacial score (nSPS) is 11.6. The number of hydrogen-bond donors (Lipinski definition) is 1. The molecule has 8 heteroatoms. The van der Waals surface area contributed by atoms with Gasteiger partial charge in [-0.25, -0.2) is 4.98 Å². The van der Waals surface area contributed by atoms with Crippen molar-refractivity contribution in [2.24, 2.45) is 0 Å². The van der Waals surface area contributed by atoms with Gasteiger partial charge in [-0.2, -0.15) is 18.2 Å². The Morgan fingerprint density at radius 2 is 2.06 bits per heavy atom. The number of ether oxygens (including phenoxy) is 1. The van der Waals surface area contributed by atoms with Crippen LogP contribution in [0, 0.1) is 0 Å². The Hall–Kier alpha value is -1.08. The standard InChI is InChI=1S/C8H8ClF3N2O2/c9-5-4-6(16-3-1-2-15)14-7(13-5)8(10,11)12/h4,15H,1-3H2. The Labute approximate surface area is 94.0 Å².